The van der Waals surface area contributed by atoms with Gasteiger partial charge in [0.1, 0.15) is 0 Å². The quantitative estimate of drug-likeness (QED) is 0.672. The van der Waals surface area contributed by atoms with E-state index in [1.54, 1.807) is 0 Å². The molecule has 2 amide bonds. The summed E-state index contributed by atoms with van der Waals surface area (Å²) < 4.78 is 0. The van der Waals surface area contributed by atoms with Crippen LogP contribution in [0.25, 0.3) is 10.8 Å². The Morgan fingerprint density at radius 3 is 1.50 bits per heavy atom. The second-order valence-electron chi connectivity index (χ2n) is 8.22. The number of amides is 2. The summed E-state index contributed by atoms with van der Waals surface area (Å²) in [5.74, 6) is 0. The van der Waals surface area contributed by atoms with Gasteiger partial charge in [-0.25, -0.2) is 4.79 Å². The molecular weight excluding hydrogens is 272 g/mol. The number of hydrogen-bond donors (Lipinski definition) is 2. The van der Waals surface area contributed by atoms with Gasteiger partial charge >= 0.3 is 6.03 Å². The summed E-state index contributed by atoms with van der Waals surface area (Å²) in [5.41, 5.74) is 4.35. The highest BCUT2D eigenvalue weighted by molar-refractivity contribution is 6.18. The van der Waals surface area contributed by atoms with Crippen molar-refractivity contribution in [2.75, 3.05) is 10.6 Å². The molecule has 3 heteroatoms. The standard InChI is InChI=1S/C19H24N2O/c1-18(2,3)12-7-11-8-13(19(4,5)6)10-15-16(11)14(9-12)20-17(22)21-15/h7-10H,1-6H3,(H2,20,21,22). The van der Waals surface area contributed by atoms with Crippen LogP contribution < -0.4 is 10.6 Å². The fraction of sp³-hybridized carbons (Fsp3) is 0.421. The average Bonchev–Trinajstić information content (AvgIpc) is 2.35. The van der Waals surface area contributed by atoms with E-state index in [2.05, 4.69) is 76.4 Å². The Hall–Kier alpha value is -2.03. The molecule has 0 aromatic heterocycles. The van der Waals surface area contributed by atoms with Crippen molar-refractivity contribution in [2.45, 2.75) is 52.4 Å². The summed E-state index contributed by atoms with van der Waals surface area (Å²) in [4.78, 5) is 12.0. The van der Waals surface area contributed by atoms with Crippen molar-refractivity contribution in [1.82, 2.24) is 0 Å². The molecule has 3 rings (SSSR count). The lowest BCUT2D eigenvalue weighted by Gasteiger charge is -2.27. The molecule has 1 heterocycles. The maximum atomic E-state index is 12.0. The Labute approximate surface area is 132 Å². The number of carbonyl (C=O) groups excluding carboxylic acids is 1. The molecule has 3 nitrogen and oxygen atoms in total. The van der Waals surface area contributed by atoms with Gasteiger partial charge in [-0.1, -0.05) is 53.7 Å². The van der Waals surface area contributed by atoms with Crippen molar-refractivity contribution >= 4 is 28.2 Å². The number of nitrogens with one attached hydrogen (secondary N) is 2. The fourth-order valence-electron chi connectivity index (χ4n) is 2.85. The molecule has 2 aromatic carbocycles. The number of benzene rings is 2. The predicted molar refractivity (Wildman–Crippen MR) is 94.0 cm³/mol. The molecular formula is C19H24N2O. The molecule has 0 fully saturated rings. The van der Waals surface area contributed by atoms with Crippen LogP contribution in [0.1, 0.15) is 52.7 Å². The number of rotatable bonds is 0. The van der Waals surface area contributed by atoms with Crippen molar-refractivity contribution < 1.29 is 4.79 Å². The lowest BCUT2D eigenvalue weighted by atomic mass is 9.82. The largest absolute Gasteiger partial charge is 0.323 e. The maximum Gasteiger partial charge on any atom is 0.323 e. The van der Waals surface area contributed by atoms with Gasteiger partial charge in [0.05, 0.1) is 11.4 Å². The monoisotopic (exact) mass is 296 g/mol. The van der Waals surface area contributed by atoms with Gasteiger partial charge in [-0.05, 0) is 39.5 Å². The second-order valence-corrected chi connectivity index (χ2v) is 8.22. The van der Waals surface area contributed by atoms with Crippen molar-refractivity contribution in [3.63, 3.8) is 0 Å². The van der Waals surface area contributed by atoms with Gasteiger partial charge in [0.2, 0.25) is 0 Å². The number of urea groups is 1. The molecule has 2 aromatic rings. The molecule has 0 saturated heterocycles. The Balaban J connectivity index is 2.37. The van der Waals surface area contributed by atoms with Gasteiger partial charge in [0, 0.05) is 5.39 Å². The summed E-state index contributed by atoms with van der Waals surface area (Å²) in [6.45, 7) is 13.2. The molecule has 0 spiro atoms. The van der Waals surface area contributed by atoms with E-state index in [9.17, 15) is 4.79 Å². The minimum Gasteiger partial charge on any atom is -0.307 e. The van der Waals surface area contributed by atoms with Crippen LogP contribution in [0.3, 0.4) is 0 Å². The zero-order valence-corrected chi connectivity index (χ0v) is 14.2. The van der Waals surface area contributed by atoms with Gasteiger partial charge < -0.3 is 10.6 Å². The molecule has 0 atom stereocenters. The Morgan fingerprint density at radius 1 is 0.727 bits per heavy atom. The molecule has 0 radical (unpaired) electrons. The van der Waals surface area contributed by atoms with Crippen LogP contribution in [-0.4, -0.2) is 6.03 Å². The van der Waals surface area contributed by atoms with Crippen molar-refractivity contribution in [3.8, 4) is 0 Å². The summed E-state index contributed by atoms with van der Waals surface area (Å²) >= 11 is 0. The Kier molecular flexibility index (Phi) is 3.03. The molecule has 22 heavy (non-hydrogen) atoms. The van der Waals surface area contributed by atoms with Gasteiger partial charge in [-0.3, -0.25) is 0 Å². The van der Waals surface area contributed by atoms with Crippen molar-refractivity contribution in [2.24, 2.45) is 0 Å². The first-order valence-electron chi connectivity index (χ1n) is 7.76. The predicted octanol–water partition coefficient (Wildman–Crippen LogP) is 5.39. The van der Waals surface area contributed by atoms with E-state index in [0.717, 1.165) is 16.8 Å². The number of carbonyl (C=O) groups is 1. The zero-order valence-electron chi connectivity index (χ0n) is 14.2. The first-order valence-corrected chi connectivity index (χ1v) is 7.76. The number of hydrogen-bond acceptors (Lipinski definition) is 1. The van der Waals surface area contributed by atoms with E-state index in [-0.39, 0.29) is 16.9 Å². The molecule has 0 unspecified atom stereocenters. The highest BCUT2D eigenvalue weighted by atomic mass is 16.2. The Bertz CT molecular complexity index is 716. The van der Waals surface area contributed by atoms with E-state index in [4.69, 9.17) is 0 Å². The van der Waals surface area contributed by atoms with Crippen molar-refractivity contribution in [3.05, 3.63) is 35.4 Å². The zero-order chi connectivity index (χ0) is 16.3. The van der Waals surface area contributed by atoms with Crippen LogP contribution in [-0.2, 0) is 10.8 Å². The van der Waals surface area contributed by atoms with E-state index in [1.165, 1.54) is 16.5 Å². The van der Waals surface area contributed by atoms with Gasteiger partial charge in [0.15, 0.2) is 0 Å². The minimum atomic E-state index is -0.161. The summed E-state index contributed by atoms with van der Waals surface area (Å²) in [5, 5.41) is 8.17. The van der Waals surface area contributed by atoms with Crippen molar-refractivity contribution in [1.29, 1.82) is 0 Å². The topological polar surface area (TPSA) is 41.1 Å². The van der Waals surface area contributed by atoms with E-state index < -0.39 is 0 Å². The van der Waals surface area contributed by atoms with Crippen LogP contribution >= 0.6 is 0 Å². The molecule has 0 aliphatic carbocycles. The van der Waals surface area contributed by atoms with E-state index in [0.29, 0.717) is 0 Å². The smallest absolute Gasteiger partial charge is 0.307 e. The number of anilines is 2. The molecule has 1 aliphatic heterocycles. The molecule has 0 saturated carbocycles. The Morgan fingerprint density at radius 2 is 1.14 bits per heavy atom. The molecule has 2 N–H and O–H groups in total. The first-order chi connectivity index (χ1) is 10.1. The molecule has 116 valence electrons. The van der Waals surface area contributed by atoms with Gasteiger partial charge in [0.25, 0.3) is 0 Å². The van der Waals surface area contributed by atoms with Crippen LogP contribution in [0, 0.1) is 0 Å². The summed E-state index contributed by atoms with van der Waals surface area (Å²) in [6.07, 6.45) is 0. The van der Waals surface area contributed by atoms with Crippen LogP contribution in [0.2, 0.25) is 0 Å². The normalized spacial score (nSPS) is 14.7. The average molecular weight is 296 g/mol. The first kappa shape index (κ1) is 14.9. The minimum absolute atomic E-state index is 0.0399. The van der Waals surface area contributed by atoms with Gasteiger partial charge in [-0.2, -0.15) is 0 Å². The third-order valence-electron chi connectivity index (χ3n) is 4.28. The third-order valence-corrected chi connectivity index (χ3v) is 4.28. The third kappa shape index (κ3) is 2.45. The van der Waals surface area contributed by atoms with Crippen LogP contribution in [0.4, 0.5) is 16.2 Å². The van der Waals surface area contributed by atoms with Gasteiger partial charge in [-0.15, -0.1) is 0 Å². The maximum absolute atomic E-state index is 12.0. The highest BCUT2D eigenvalue weighted by Crippen LogP contribution is 2.40. The fourth-order valence-corrected chi connectivity index (χ4v) is 2.85. The lowest BCUT2D eigenvalue weighted by molar-refractivity contribution is 0.262. The SMILES string of the molecule is CC(C)(C)c1cc2c3c(cc(C(C)(C)C)cc3c1)NC(=O)N2. The van der Waals surface area contributed by atoms with E-state index >= 15 is 0 Å². The second kappa shape index (κ2) is 4.48. The lowest BCUT2D eigenvalue weighted by Crippen LogP contribution is -2.25. The van der Waals surface area contributed by atoms with E-state index in [1.807, 2.05) is 0 Å². The molecule has 1 aliphatic rings. The highest BCUT2D eigenvalue weighted by Gasteiger charge is 2.24. The summed E-state index contributed by atoms with van der Waals surface area (Å²) in [7, 11) is 0. The molecule has 0 bridgehead atoms. The van der Waals surface area contributed by atoms with Crippen LogP contribution in [0.5, 0.6) is 0 Å². The van der Waals surface area contributed by atoms with Crippen LogP contribution in [0.15, 0.2) is 24.3 Å². The summed E-state index contributed by atoms with van der Waals surface area (Å²) in [6, 6.07) is 8.53.